The van der Waals surface area contributed by atoms with Gasteiger partial charge in [-0.3, -0.25) is 4.79 Å². The molecular formula is C19H17F2N3OS. The fraction of sp³-hybridized carbons (Fsp3) is 0.158. The number of carbonyl (C=O) groups excluding carboxylic acids is 1. The molecule has 0 saturated heterocycles. The molecule has 1 heterocycles. The van der Waals surface area contributed by atoms with Crippen molar-refractivity contribution in [2.75, 3.05) is 5.32 Å². The maximum Gasteiger partial charge on any atom is 0.288 e. The van der Waals surface area contributed by atoms with E-state index in [2.05, 4.69) is 10.4 Å². The largest absolute Gasteiger partial charge is 0.321 e. The Balaban J connectivity index is 1.78. The summed E-state index contributed by atoms with van der Waals surface area (Å²) in [7, 11) is 0. The number of anilines is 1. The van der Waals surface area contributed by atoms with Gasteiger partial charge in [-0.1, -0.05) is 23.9 Å². The van der Waals surface area contributed by atoms with E-state index in [1.54, 1.807) is 53.2 Å². The van der Waals surface area contributed by atoms with Crippen LogP contribution in [0, 0.1) is 13.8 Å². The van der Waals surface area contributed by atoms with Gasteiger partial charge in [0.05, 0.1) is 17.1 Å². The molecule has 0 saturated carbocycles. The summed E-state index contributed by atoms with van der Waals surface area (Å²) in [5.41, 5.74) is 3.56. The highest BCUT2D eigenvalue weighted by Crippen LogP contribution is 2.31. The van der Waals surface area contributed by atoms with E-state index in [0.29, 0.717) is 27.9 Å². The molecule has 26 heavy (non-hydrogen) atoms. The Morgan fingerprint density at radius 3 is 2.42 bits per heavy atom. The number of carbonyl (C=O) groups is 1. The number of alkyl halides is 2. The zero-order valence-electron chi connectivity index (χ0n) is 14.2. The van der Waals surface area contributed by atoms with Crippen LogP contribution in [0.4, 0.5) is 14.5 Å². The first kappa shape index (κ1) is 18.1. The first-order valence-corrected chi connectivity index (χ1v) is 8.81. The SMILES string of the molecule is Cc1cc(C)n(-c2ccc(C(=O)Nc3ccccc3SC(F)F)cc2)n1. The maximum absolute atomic E-state index is 12.6. The number of thioether (sulfide) groups is 1. The summed E-state index contributed by atoms with van der Waals surface area (Å²) < 4.78 is 27.1. The Labute approximate surface area is 154 Å². The van der Waals surface area contributed by atoms with E-state index in [9.17, 15) is 13.6 Å². The number of nitrogens with zero attached hydrogens (tertiary/aromatic N) is 2. The molecule has 0 aliphatic heterocycles. The molecule has 0 aliphatic rings. The lowest BCUT2D eigenvalue weighted by Crippen LogP contribution is -2.13. The summed E-state index contributed by atoms with van der Waals surface area (Å²) in [6, 6.07) is 15.4. The van der Waals surface area contributed by atoms with Crippen LogP contribution in [-0.4, -0.2) is 21.4 Å². The highest BCUT2D eigenvalue weighted by Gasteiger charge is 2.13. The Morgan fingerprint density at radius 1 is 1.12 bits per heavy atom. The van der Waals surface area contributed by atoms with Crippen LogP contribution in [0.25, 0.3) is 5.69 Å². The number of para-hydroxylation sites is 1. The average molecular weight is 373 g/mol. The zero-order chi connectivity index (χ0) is 18.7. The summed E-state index contributed by atoms with van der Waals surface area (Å²) in [6.45, 7) is 3.87. The number of nitrogens with one attached hydrogen (secondary N) is 1. The maximum atomic E-state index is 12.6. The summed E-state index contributed by atoms with van der Waals surface area (Å²) in [6.07, 6.45) is 0. The molecule has 3 rings (SSSR count). The van der Waals surface area contributed by atoms with Gasteiger partial charge in [0.2, 0.25) is 0 Å². The zero-order valence-corrected chi connectivity index (χ0v) is 15.1. The number of amides is 1. The lowest BCUT2D eigenvalue weighted by molar-refractivity contribution is 0.102. The van der Waals surface area contributed by atoms with E-state index in [-0.39, 0.29) is 5.91 Å². The molecule has 0 atom stereocenters. The van der Waals surface area contributed by atoms with E-state index < -0.39 is 5.76 Å². The summed E-state index contributed by atoms with van der Waals surface area (Å²) in [5.74, 6) is -2.90. The highest BCUT2D eigenvalue weighted by atomic mass is 32.2. The molecule has 7 heteroatoms. The van der Waals surface area contributed by atoms with Crippen molar-refractivity contribution in [3.63, 3.8) is 0 Å². The van der Waals surface area contributed by atoms with Crippen LogP contribution in [-0.2, 0) is 0 Å². The molecule has 1 aromatic heterocycles. The minimum atomic E-state index is -2.55. The average Bonchev–Trinajstić information content (AvgIpc) is 2.94. The molecule has 3 aromatic rings. The second-order valence-electron chi connectivity index (χ2n) is 5.71. The molecule has 0 aliphatic carbocycles. The monoisotopic (exact) mass is 373 g/mol. The molecule has 0 fully saturated rings. The van der Waals surface area contributed by atoms with Crippen molar-refractivity contribution in [3.8, 4) is 5.69 Å². The van der Waals surface area contributed by atoms with E-state index in [1.165, 1.54) is 0 Å². The van der Waals surface area contributed by atoms with Crippen molar-refractivity contribution in [2.24, 2.45) is 0 Å². The van der Waals surface area contributed by atoms with Crippen LogP contribution in [0.1, 0.15) is 21.7 Å². The molecule has 0 bridgehead atoms. The van der Waals surface area contributed by atoms with Gasteiger partial charge in [-0.15, -0.1) is 0 Å². The Bertz CT molecular complexity index is 923. The molecule has 1 N–H and O–H groups in total. The number of benzene rings is 2. The third-order valence-electron chi connectivity index (χ3n) is 3.73. The first-order chi connectivity index (χ1) is 12.4. The number of hydrogen-bond acceptors (Lipinski definition) is 3. The van der Waals surface area contributed by atoms with Crippen LogP contribution < -0.4 is 5.32 Å². The lowest BCUT2D eigenvalue weighted by atomic mass is 10.2. The number of hydrogen-bond donors (Lipinski definition) is 1. The van der Waals surface area contributed by atoms with Crippen molar-refractivity contribution in [3.05, 3.63) is 71.5 Å². The first-order valence-electron chi connectivity index (χ1n) is 7.93. The van der Waals surface area contributed by atoms with Gasteiger partial charge >= 0.3 is 0 Å². The molecule has 0 radical (unpaired) electrons. The summed E-state index contributed by atoms with van der Waals surface area (Å²) in [4.78, 5) is 12.8. The Morgan fingerprint density at radius 2 is 1.81 bits per heavy atom. The smallest absolute Gasteiger partial charge is 0.288 e. The minimum absolute atomic E-state index is 0.329. The molecule has 0 spiro atoms. The number of halogens is 2. The second-order valence-corrected chi connectivity index (χ2v) is 6.75. The van der Waals surface area contributed by atoms with E-state index in [0.717, 1.165) is 17.1 Å². The standard InChI is InChI=1S/C19H17F2N3OS/c1-12-11-13(2)24(23-12)15-9-7-14(8-10-15)18(25)22-16-5-3-4-6-17(16)26-19(20)21/h3-11,19H,1-2H3,(H,22,25). The highest BCUT2D eigenvalue weighted by molar-refractivity contribution is 7.99. The third kappa shape index (κ3) is 4.11. The molecule has 1 amide bonds. The van der Waals surface area contributed by atoms with Gasteiger partial charge in [-0.25, -0.2) is 4.68 Å². The van der Waals surface area contributed by atoms with E-state index in [4.69, 9.17) is 0 Å². The molecule has 0 unspecified atom stereocenters. The summed E-state index contributed by atoms with van der Waals surface area (Å²) in [5, 5.41) is 7.10. The topological polar surface area (TPSA) is 46.9 Å². The second kappa shape index (κ2) is 7.70. The normalized spacial score (nSPS) is 11.0. The fourth-order valence-electron chi connectivity index (χ4n) is 2.61. The van der Waals surface area contributed by atoms with E-state index in [1.807, 2.05) is 19.9 Å². The molecule has 2 aromatic carbocycles. The van der Waals surface area contributed by atoms with Crippen LogP contribution in [0.3, 0.4) is 0 Å². The summed E-state index contributed by atoms with van der Waals surface area (Å²) >= 11 is 0.406. The predicted octanol–water partition coefficient (Wildman–Crippen LogP) is 5.06. The van der Waals surface area contributed by atoms with Crippen molar-refractivity contribution in [1.82, 2.24) is 9.78 Å². The lowest BCUT2D eigenvalue weighted by Gasteiger charge is -2.11. The van der Waals surface area contributed by atoms with Gasteiger partial charge in [0, 0.05) is 16.2 Å². The number of rotatable bonds is 5. The van der Waals surface area contributed by atoms with Gasteiger partial charge in [0.1, 0.15) is 0 Å². The van der Waals surface area contributed by atoms with Crippen LogP contribution in [0.2, 0.25) is 0 Å². The Hall–Kier alpha value is -2.67. The fourth-order valence-corrected chi connectivity index (χ4v) is 3.20. The molecule has 4 nitrogen and oxygen atoms in total. The molecule has 134 valence electrons. The Kier molecular flexibility index (Phi) is 5.37. The predicted molar refractivity (Wildman–Crippen MR) is 99.3 cm³/mol. The number of aromatic nitrogens is 2. The van der Waals surface area contributed by atoms with Crippen molar-refractivity contribution in [1.29, 1.82) is 0 Å². The number of aryl methyl sites for hydroxylation is 2. The van der Waals surface area contributed by atoms with Gasteiger partial charge in [0.25, 0.3) is 11.7 Å². The molecular weight excluding hydrogens is 356 g/mol. The van der Waals surface area contributed by atoms with Crippen LogP contribution in [0.15, 0.2) is 59.5 Å². The van der Waals surface area contributed by atoms with Gasteiger partial charge in [0.15, 0.2) is 0 Å². The van der Waals surface area contributed by atoms with Crippen molar-refractivity contribution >= 4 is 23.4 Å². The van der Waals surface area contributed by atoms with Crippen LogP contribution in [0.5, 0.6) is 0 Å². The van der Waals surface area contributed by atoms with Crippen molar-refractivity contribution in [2.45, 2.75) is 24.5 Å². The van der Waals surface area contributed by atoms with Crippen LogP contribution >= 0.6 is 11.8 Å². The van der Waals surface area contributed by atoms with E-state index >= 15 is 0 Å². The minimum Gasteiger partial charge on any atom is -0.321 e. The third-order valence-corrected chi connectivity index (χ3v) is 4.52. The van der Waals surface area contributed by atoms with Gasteiger partial charge < -0.3 is 5.32 Å². The quantitative estimate of drug-likeness (QED) is 0.636. The van der Waals surface area contributed by atoms with Gasteiger partial charge in [-0.2, -0.15) is 13.9 Å². The van der Waals surface area contributed by atoms with Crippen molar-refractivity contribution < 1.29 is 13.6 Å². The van der Waals surface area contributed by atoms with Gasteiger partial charge in [-0.05, 0) is 56.3 Å².